The molecule has 0 saturated heterocycles. The average Bonchev–Trinajstić information content (AvgIpc) is 3.68. The molecule has 0 bridgehead atoms. The zero-order valence-corrected chi connectivity index (χ0v) is 45.9. The monoisotopic (exact) mass is 1080 g/mol. The summed E-state index contributed by atoms with van der Waals surface area (Å²) in [6.07, 6.45) is 17.9. The Labute approximate surface area is 438 Å². The summed E-state index contributed by atoms with van der Waals surface area (Å²) in [7, 11) is -13.7. The summed E-state index contributed by atoms with van der Waals surface area (Å²) in [5.41, 5.74) is 5.00. The van der Waals surface area contributed by atoms with Crippen LogP contribution in [-0.4, -0.2) is 87.2 Å². The van der Waals surface area contributed by atoms with Gasteiger partial charge in [0.05, 0.1) is 20.1 Å². The lowest BCUT2D eigenvalue weighted by atomic mass is 9.81. The van der Waals surface area contributed by atoms with E-state index in [9.17, 15) is 48.5 Å². The van der Waals surface area contributed by atoms with Crippen LogP contribution >= 0.6 is 0 Å². The molecule has 3 aromatic carbocycles. The van der Waals surface area contributed by atoms with E-state index >= 15 is 0 Å². The molecule has 3 aliphatic rings. The van der Waals surface area contributed by atoms with Crippen LogP contribution in [-0.2, 0) is 50.8 Å². The van der Waals surface area contributed by atoms with Crippen LogP contribution in [0.15, 0.2) is 122 Å². The second-order valence-electron chi connectivity index (χ2n) is 20.2. The molecule has 16 nitrogen and oxygen atoms in total. The molecule has 0 saturated carbocycles. The molecular formula is C55H72N4O12S3. The third-order valence-electron chi connectivity index (χ3n) is 14.0. The van der Waals surface area contributed by atoms with Gasteiger partial charge in [-0.25, -0.2) is 8.42 Å². The van der Waals surface area contributed by atoms with E-state index in [-0.39, 0.29) is 26.5 Å². The highest BCUT2D eigenvalue weighted by Gasteiger charge is 2.45. The van der Waals surface area contributed by atoms with Gasteiger partial charge in [0, 0.05) is 73.4 Å². The van der Waals surface area contributed by atoms with Crippen molar-refractivity contribution in [3.63, 3.8) is 0 Å². The lowest BCUT2D eigenvalue weighted by Crippen LogP contribution is -2.28. The van der Waals surface area contributed by atoms with Crippen LogP contribution in [0.5, 0.6) is 5.75 Å². The Hall–Kier alpha value is -5.44. The zero-order valence-electron chi connectivity index (χ0n) is 43.4. The number of nitrogens with one attached hydrogen (secondary N) is 2. The quantitative estimate of drug-likeness (QED) is 0.0351. The van der Waals surface area contributed by atoms with E-state index in [2.05, 4.69) is 27.0 Å². The van der Waals surface area contributed by atoms with Gasteiger partial charge in [-0.3, -0.25) is 18.7 Å². The minimum atomic E-state index is -4.76. The highest BCUT2D eigenvalue weighted by atomic mass is 32.2. The van der Waals surface area contributed by atoms with Gasteiger partial charge in [-0.1, -0.05) is 46.6 Å². The number of ether oxygens (including phenoxy) is 1. The summed E-state index contributed by atoms with van der Waals surface area (Å²) in [4.78, 5) is 25.9. The number of benzene rings is 3. The SMILES string of the molecule is CCCCN1/C(=C/C=C2\CCCC(/C=C/C3=[N+](CCCCCC(=O)NCCCCCC(=O)NCCC)c4ccc(S(=O)(=O)[O-])cc4C3(C)C)=C2Oc2ccc(S(=O)(=O)O)cc2)C(C)(C)c2cc(S(=O)(=O)O)ccc21. The van der Waals surface area contributed by atoms with Gasteiger partial charge in [-0.15, -0.1) is 0 Å². The maximum atomic E-state index is 12.7. The number of hydrogen-bond donors (Lipinski definition) is 4. The van der Waals surface area contributed by atoms with E-state index < -0.39 is 41.2 Å². The van der Waals surface area contributed by atoms with Gasteiger partial charge >= 0.3 is 0 Å². The predicted octanol–water partition coefficient (Wildman–Crippen LogP) is 9.70. The van der Waals surface area contributed by atoms with Crippen molar-refractivity contribution in [3.05, 3.63) is 119 Å². The van der Waals surface area contributed by atoms with Crippen molar-refractivity contribution in [1.29, 1.82) is 0 Å². The van der Waals surface area contributed by atoms with Gasteiger partial charge in [0.15, 0.2) is 5.71 Å². The number of hydrogen-bond acceptors (Lipinski definition) is 11. The second kappa shape index (κ2) is 24.5. The summed E-state index contributed by atoms with van der Waals surface area (Å²) in [6.45, 7) is 14.5. The fourth-order valence-electron chi connectivity index (χ4n) is 9.92. The first kappa shape index (κ1) is 57.8. The Kier molecular flexibility index (Phi) is 19.1. The van der Waals surface area contributed by atoms with Crippen LogP contribution in [0.4, 0.5) is 11.4 Å². The third kappa shape index (κ3) is 14.3. The molecule has 402 valence electrons. The normalized spacial score (nSPS) is 17.6. The van der Waals surface area contributed by atoms with Crippen LogP contribution in [0.2, 0.25) is 0 Å². The average molecular weight is 1080 g/mol. The summed E-state index contributed by atoms with van der Waals surface area (Å²) in [5, 5.41) is 5.86. The van der Waals surface area contributed by atoms with Crippen molar-refractivity contribution >= 4 is 59.3 Å². The van der Waals surface area contributed by atoms with E-state index in [1.165, 1.54) is 48.5 Å². The highest BCUT2D eigenvalue weighted by molar-refractivity contribution is 7.86. The van der Waals surface area contributed by atoms with E-state index in [0.29, 0.717) is 81.8 Å². The van der Waals surface area contributed by atoms with Gasteiger partial charge in [0.2, 0.25) is 17.5 Å². The topological polar surface area (TPSA) is 240 Å². The number of carbonyl (C=O) groups excluding carboxylic acids is 2. The lowest BCUT2D eigenvalue weighted by Gasteiger charge is -2.27. The number of anilines is 1. The summed E-state index contributed by atoms with van der Waals surface area (Å²) in [5.74, 6) is 0.871. The lowest BCUT2D eigenvalue weighted by molar-refractivity contribution is -0.438. The van der Waals surface area contributed by atoms with Gasteiger partial charge in [0.1, 0.15) is 28.2 Å². The van der Waals surface area contributed by atoms with Crippen molar-refractivity contribution in [3.8, 4) is 5.75 Å². The molecule has 2 heterocycles. The van der Waals surface area contributed by atoms with Gasteiger partial charge in [-0.05, 0) is 155 Å². The molecule has 0 aromatic heterocycles. The number of allylic oxidation sites excluding steroid dienone is 7. The molecule has 0 unspecified atom stereocenters. The fraction of sp³-hybridized carbons (Fsp3) is 0.473. The molecular weight excluding hydrogens is 1000 g/mol. The molecule has 19 heteroatoms. The maximum absolute atomic E-state index is 12.7. The molecule has 2 amide bonds. The molecule has 3 aromatic rings. The zero-order chi connectivity index (χ0) is 54.1. The van der Waals surface area contributed by atoms with Crippen molar-refractivity contribution in [2.24, 2.45) is 0 Å². The first-order valence-electron chi connectivity index (χ1n) is 25.6. The molecule has 0 radical (unpaired) electrons. The van der Waals surface area contributed by atoms with E-state index in [1.54, 1.807) is 12.1 Å². The molecule has 4 N–H and O–H groups in total. The molecule has 1 aliphatic carbocycles. The van der Waals surface area contributed by atoms with Crippen LogP contribution in [0, 0.1) is 0 Å². The molecule has 0 spiro atoms. The Morgan fingerprint density at radius 3 is 1.96 bits per heavy atom. The summed E-state index contributed by atoms with van der Waals surface area (Å²) >= 11 is 0. The van der Waals surface area contributed by atoms with Crippen LogP contribution in [0.25, 0.3) is 0 Å². The van der Waals surface area contributed by atoms with Crippen LogP contribution in [0.3, 0.4) is 0 Å². The van der Waals surface area contributed by atoms with E-state index in [1.807, 2.05) is 58.9 Å². The van der Waals surface area contributed by atoms with Gasteiger partial charge < -0.3 is 24.8 Å². The Morgan fingerprint density at radius 2 is 1.32 bits per heavy atom. The van der Waals surface area contributed by atoms with Crippen molar-refractivity contribution in [2.75, 3.05) is 31.1 Å². The number of amides is 2. The Morgan fingerprint density at radius 1 is 0.703 bits per heavy atom. The number of unbranched alkanes of at least 4 members (excludes halogenated alkanes) is 5. The highest BCUT2D eigenvalue weighted by Crippen LogP contribution is 2.49. The molecule has 6 rings (SSSR count). The van der Waals surface area contributed by atoms with Gasteiger partial charge in [0.25, 0.3) is 20.2 Å². The van der Waals surface area contributed by atoms with Crippen molar-refractivity contribution < 1.29 is 57.8 Å². The molecule has 2 aliphatic heterocycles. The Balaban J connectivity index is 1.32. The van der Waals surface area contributed by atoms with Crippen LogP contribution in [0.1, 0.15) is 143 Å². The van der Waals surface area contributed by atoms with Crippen molar-refractivity contribution in [1.82, 2.24) is 10.6 Å². The maximum Gasteiger partial charge on any atom is 0.294 e. The summed E-state index contributed by atoms with van der Waals surface area (Å²) in [6, 6.07) is 14.6. The van der Waals surface area contributed by atoms with Gasteiger partial charge in [-0.2, -0.15) is 21.4 Å². The standard InChI is InChI=1S/C55H72N4O12S3/c1-7-9-35-58-47-29-27-43(73(65,66)67)37-45(47)54(3,4)49(58)31-21-39-17-16-18-40(53(39)71-41-23-25-42(26-24-41)72(62,63)64)22-32-50-55(5,6)46-38-44(74(68,69)70)28-30-48(46)59(50)36-15-11-13-20-52(61)57-34-14-10-12-19-51(60)56-33-8-2/h21-32,37-38H,7-20,33-36H2,1-6H3,(H4-,56,57,60,61,62,63,64,65,66,67,68,69,70). The number of fused-ring (bicyclic) bond motifs is 2. The first-order chi connectivity index (χ1) is 34.9. The molecule has 0 atom stereocenters. The summed E-state index contributed by atoms with van der Waals surface area (Å²) < 4.78 is 114. The predicted molar refractivity (Wildman–Crippen MR) is 285 cm³/mol. The minimum absolute atomic E-state index is 0.0298. The fourth-order valence-corrected chi connectivity index (χ4v) is 11.4. The number of rotatable bonds is 25. The van der Waals surface area contributed by atoms with E-state index in [0.717, 1.165) is 90.9 Å². The van der Waals surface area contributed by atoms with Crippen LogP contribution < -0.4 is 20.3 Å². The smallest absolute Gasteiger partial charge is 0.294 e. The second-order valence-corrected chi connectivity index (χ2v) is 24.5. The number of nitrogens with zero attached hydrogens (tertiary/aromatic N) is 2. The minimum Gasteiger partial charge on any atom is -0.744 e. The number of carbonyl (C=O) groups is 2. The molecule has 0 fully saturated rings. The Bertz CT molecular complexity index is 3080. The molecule has 74 heavy (non-hydrogen) atoms. The largest absolute Gasteiger partial charge is 0.744 e. The van der Waals surface area contributed by atoms with Crippen molar-refractivity contribution in [2.45, 2.75) is 157 Å². The third-order valence-corrected chi connectivity index (χ3v) is 16.6. The van der Waals surface area contributed by atoms with E-state index in [4.69, 9.17) is 4.74 Å². The first-order valence-corrected chi connectivity index (χ1v) is 29.9.